The van der Waals surface area contributed by atoms with Gasteiger partial charge < -0.3 is 14.9 Å². The summed E-state index contributed by atoms with van der Waals surface area (Å²) >= 11 is 11.6. The highest BCUT2D eigenvalue weighted by atomic mass is 35.5. The average Bonchev–Trinajstić information content (AvgIpc) is 2.62. The quantitative estimate of drug-likeness (QED) is 0.819. The van der Waals surface area contributed by atoms with E-state index in [4.69, 9.17) is 23.8 Å². The third kappa shape index (κ3) is 3.97. The minimum atomic E-state index is -0.800. The van der Waals surface area contributed by atoms with Crippen molar-refractivity contribution in [3.8, 4) is 0 Å². The maximum absolute atomic E-state index is 11.0. The lowest BCUT2D eigenvalue weighted by Crippen LogP contribution is -2.44. The molecule has 0 aliphatic carbocycles. The molecule has 2 aromatic carbocycles. The Bertz CT molecular complexity index is 735. The summed E-state index contributed by atoms with van der Waals surface area (Å²) in [5, 5.41) is 11.7. The molecule has 1 heterocycles. The molecule has 1 fully saturated rings. The topological polar surface area (TPSA) is 26.7 Å². The summed E-state index contributed by atoms with van der Waals surface area (Å²) in [5.41, 5.74) is 2.34. The fourth-order valence-corrected chi connectivity index (χ4v) is 3.66. The molecule has 0 spiro atoms. The summed E-state index contributed by atoms with van der Waals surface area (Å²) in [7, 11) is 4.05. The minimum absolute atomic E-state index is 0.657. The Balaban J connectivity index is 1.67. The van der Waals surface area contributed by atoms with Gasteiger partial charge in [0.2, 0.25) is 0 Å². The van der Waals surface area contributed by atoms with Gasteiger partial charge in [0, 0.05) is 43.5 Å². The van der Waals surface area contributed by atoms with Gasteiger partial charge in [-0.1, -0.05) is 36.0 Å². The minimum Gasteiger partial charge on any atom is -0.385 e. The van der Waals surface area contributed by atoms with Gasteiger partial charge in [-0.25, -0.2) is 0 Å². The number of hydrogen-bond donors (Lipinski definition) is 1. The molecule has 1 saturated heterocycles. The van der Waals surface area contributed by atoms with E-state index in [2.05, 4.69) is 34.1 Å². The Morgan fingerprint density at radius 2 is 1.60 bits per heavy atom. The van der Waals surface area contributed by atoms with Crippen molar-refractivity contribution in [1.29, 1.82) is 0 Å². The van der Waals surface area contributed by atoms with Gasteiger partial charge in [-0.3, -0.25) is 0 Å². The van der Waals surface area contributed by atoms with E-state index in [9.17, 15) is 5.11 Å². The van der Waals surface area contributed by atoms with E-state index in [0.29, 0.717) is 17.9 Å². The molecular formula is C20H23ClN2OS. The summed E-state index contributed by atoms with van der Waals surface area (Å²) in [6.07, 6.45) is 1.31. The smallest absolute Gasteiger partial charge is 0.109 e. The second-order valence-electron chi connectivity index (χ2n) is 6.77. The van der Waals surface area contributed by atoms with Crippen LogP contribution in [0.2, 0.25) is 5.02 Å². The lowest BCUT2D eigenvalue weighted by molar-refractivity contribution is -0.0116. The van der Waals surface area contributed by atoms with Crippen LogP contribution in [0.5, 0.6) is 0 Å². The third-order valence-corrected chi connectivity index (χ3v) is 5.64. The van der Waals surface area contributed by atoms with Crippen molar-refractivity contribution in [3.05, 3.63) is 64.7 Å². The first-order valence-corrected chi connectivity index (χ1v) is 9.23. The van der Waals surface area contributed by atoms with Crippen LogP contribution >= 0.6 is 23.8 Å². The Hall–Kier alpha value is -1.62. The average molecular weight is 375 g/mol. The predicted octanol–water partition coefficient (Wildman–Crippen LogP) is 4.07. The number of benzene rings is 2. The molecule has 1 N–H and O–H groups in total. The fraction of sp³-hybridized carbons (Fsp3) is 0.350. The molecule has 1 aliphatic heterocycles. The Labute approximate surface area is 159 Å². The highest BCUT2D eigenvalue weighted by Crippen LogP contribution is 2.34. The van der Waals surface area contributed by atoms with Crippen LogP contribution in [0.4, 0.5) is 5.69 Å². The molecule has 2 aromatic rings. The molecule has 0 saturated carbocycles. The van der Waals surface area contributed by atoms with E-state index >= 15 is 0 Å². The number of aliphatic hydroxyl groups is 1. The number of nitrogens with zero attached hydrogens (tertiary/aromatic N) is 2. The van der Waals surface area contributed by atoms with Crippen LogP contribution in [0, 0.1) is 0 Å². The molecule has 5 heteroatoms. The van der Waals surface area contributed by atoms with Gasteiger partial charge in [-0.2, -0.15) is 0 Å². The normalized spacial score (nSPS) is 16.6. The van der Waals surface area contributed by atoms with Gasteiger partial charge in [0.15, 0.2) is 0 Å². The summed E-state index contributed by atoms with van der Waals surface area (Å²) in [6.45, 7) is 1.49. The zero-order valence-electron chi connectivity index (χ0n) is 14.6. The highest BCUT2D eigenvalue weighted by Gasteiger charge is 2.34. The van der Waals surface area contributed by atoms with Gasteiger partial charge in [0.25, 0.3) is 0 Å². The molecule has 25 heavy (non-hydrogen) atoms. The number of rotatable bonds is 3. The second kappa shape index (κ2) is 7.32. The summed E-state index contributed by atoms with van der Waals surface area (Å²) < 4.78 is 0. The number of likely N-dealkylation sites (tertiary alicyclic amines) is 1. The Morgan fingerprint density at radius 1 is 1.04 bits per heavy atom. The summed E-state index contributed by atoms with van der Waals surface area (Å²) in [6, 6.07) is 15.8. The van der Waals surface area contributed by atoms with Gasteiger partial charge in [0.1, 0.15) is 4.99 Å². The van der Waals surface area contributed by atoms with Crippen LogP contribution in [0.15, 0.2) is 48.5 Å². The van der Waals surface area contributed by atoms with Crippen molar-refractivity contribution in [2.24, 2.45) is 0 Å². The molecule has 0 atom stereocenters. The molecular weight excluding hydrogens is 352 g/mol. The molecule has 0 unspecified atom stereocenters. The van der Waals surface area contributed by atoms with Crippen molar-refractivity contribution in [3.63, 3.8) is 0 Å². The van der Waals surface area contributed by atoms with Crippen LogP contribution < -0.4 is 4.90 Å². The first-order valence-electron chi connectivity index (χ1n) is 8.44. The fourth-order valence-electron chi connectivity index (χ4n) is 3.21. The molecule has 0 bridgehead atoms. The maximum atomic E-state index is 11.0. The predicted molar refractivity (Wildman–Crippen MR) is 109 cm³/mol. The Kier molecular flexibility index (Phi) is 5.32. The van der Waals surface area contributed by atoms with Crippen LogP contribution in [-0.2, 0) is 5.60 Å². The lowest BCUT2D eigenvalue weighted by atomic mass is 9.84. The zero-order valence-corrected chi connectivity index (χ0v) is 16.1. The first-order chi connectivity index (χ1) is 11.9. The first kappa shape index (κ1) is 18.2. The second-order valence-corrected chi connectivity index (χ2v) is 7.60. The number of hydrogen-bond acceptors (Lipinski definition) is 3. The highest BCUT2D eigenvalue weighted by molar-refractivity contribution is 7.80. The van der Waals surface area contributed by atoms with E-state index in [-0.39, 0.29) is 0 Å². The molecule has 0 amide bonds. The number of piperidine rings is 1. The lowest BCUT2D eigenvalue weighted by Gasteiger charge is -2.39. The van der Waals surface area contributed by atoms with E-state index in [1.807, 2.05) is 38.4 Å². The molecule has 1 aliphatic rings. The van der Waals surface area contributed by atoms with Crippen molar-refractivity contribution in [1.82, 2.24) is 4.90 Å². The van der Waals surface area contributed by atoms with Crippen LogP contribution in [0.1, 0.15) is 24.0 Å². The van der Waals surface area contributed by atoms with Gasteiger partial charge in [-0.15, -0.1) is 0 Å². The number of anilines is 1. The van der Waals surface area contributed by atoms with E-state index in [1.165, 1.54) is 0 Å². The van der Waals surface area contributed by atoms with Crippen LogP contribution in [0.25, 0.3) is 0 Å². The molecule has 0 radical (unpaired) electrons. The monoisotopic (exact) mass is 374 g/mol. The third-order valence-electron chi connectivity index (χ3n) is 4.89. The van der Waals surface area contributed by atoms with E-state index < -0.39 is 5.60 Å². The van der Waals surface area contributed by atoms with Gasteiger partial charge in [0.05, 0.1) is 5.60 Å². The summed E-state index contributed by atoms with van der Waals surface area (Å²) in [4.78, 5) is 5.10. The Morgan fingerprint density at radius 3 is 2.12 bits per heavy atom. The SMILES string of the molecule is CN(C)c1ccc(C(=S)N2CCC(O)(c3ccc(Cl)cc3)CC2)cc1. The zero-order chi connectivity index (χ0) is 18.0. The molecule has 3 nitrogen and oxygen atoms in total. The largest absolute Gasteiger partial charge is 0.385 e. The maximum Gasteiger partial charge on any atom is 0.109 e. The van der Waals surface area contributed by atoms with Crippen LogP contribution in [-0.4, -0.2) is 42.2 Å². The van der Waals surface area contributed by atoms with Crippen LogP contribution in [0.3, 0.4) is 0 Å². The van der Waals surface area contributed by atoms with Gasteiger partial charge in [-0.05, 0) is 54.8 Å². The molecule has 0 aromatic heterocycles. The number of thiocarbonyl (C=S) groups is 1. The molecule has 132 valence electrons. The van der Waals surface area contributed by atoms with E-state index in [1.54, 1.807) is 0 Å². The van der Waals surface area contributed by atoms with Crippen molar-refractivity contribution in [2.75, 3.05) is 32.1 Å². The standard InChI is InChI=1S/C20H23ClN2OS/c1-22(2)18-9-3-15(4-10-18)19(25)23-13-11-20(24,12-14-23)16-5-7-17(21)8-6-16/h3-10,24H,11-14H2,1-2H3. The van der Waals surface area contributed by atoms with Crippen molar-refractivity contribution < 1.29 is 5.11 Å². The molecule has 3 rings (SSSR count). The van der Waals surface area contributed by atoms with E-state index in [0.717, 1.165) is 34.9 Å². The van der Waals surface area contributed by atoms with Gasteiger partial charge >= 0.3 is 0 Å². The number of halogens is 1. The van der Waals surface area contributed by atoms with Crippen molar-refractivity contribution in [2.45, 2.75) is 18.4 Å². The summed E-state index contributed by atoms with van der Waals surface area (Å²) in [5.74, 6) is 0. The van der Waals surface area contributed by atoms with Crippen molar-refractivity contribution >= 4 is 34.5 Å².